The van der Waals surface area contributed by atoms with Gasteiger partial charge in [-0.15, -0.1) is 11.3 Å². The minimum absolute atomic E-state index is 0.540. The molecule has 0 spiro atoms. The molecule has 0 aliphatic heterocycles. The summed E-state index contributed by atoms with van der Waals surface area (Å²) in [6, 6.07) is 2.77. The second-order valence-corrected chi connectivity index (χ2v) is 5.72. The van der Waals surface area contributed by atoms with Crippen LogP contribution in [0.25, 0.3) is 0 Å². The van der Waals surface area contributed by atoms with Crippen LogP contribution in [0.1, 0.15) is 49.9 Å². The Hall–Kier alpha value is 0.140. The van der Waals surface area contributed by atoms with Crippen LogP contribution in [0, 0.1) is 0 Å². The lowest BCUT2D eigenvalue weighted by molar-refractivity contribution is 0.511. The van der Waals surface area contributed by atoms with E-state index in [1.807, 2.05) is 11.3 Å². The zero-order chi connectivity index (χ0) is 11.1. The topological polar surface area (TPSA) is 12.0 Å². The smallest absolute Gasteiger partial charge is 0.0412 e. The maximum atomic E-state index is 3.51. The molecule has 1 N–H and O–H groups in total. The van der Waals surface area contributed by atoms with Gasteiger partial charge in [0.15, 0.2) is 0 Å². The molecule has 0 aromatic carbocycles. The molecule has 1 rings (SSSR count). The van der Waals surface area contributed by atoms with Crippen LogP contribution in [-0.4, -0.2) is 7.05 Å². The van der Waals surface area contributed by atoms with Crippen molar-refractivity contribution < 1.29 is 0 Å². The monoisotopic (exact) mass is 289 g/mol. The lowest BCUT2D eigenvalue weighted by atomic mass is 10.1. The quantitative estimate of drug-likeness (QED) is 0.715. The minimum atomic E-state index is 0.540. The van der Waals surface area contributed by atoms with Gasteiger partial charge in [0.1, 0.15) is 0 Å². The molecule has 1 heterocycles. The van der Waals surface area contributed by atoms with Gasteiger partial charge in [0, 0.05) is 20.8 Å². The normalized spacial score (nSPS) is 13.0. The average molecular weight is 290 g/mol. The van der Waals surface area contributed by atoms with E-state index in [0.29, 0.717) is 6.04 Å². The summed E-state index contributed by atoms with van der Waals surface area (Å²) in [6.45, 7) is 2.26. The van der Waals surface area contributed by atoms with Gasteiger partial charge in [-0.2, -0.15) is 0 Å². The van der Waals surface area contributed by atoms with Crippen LogP contribution in [-0.2, 0) is 0 Å². The van der Waals surface area contributed by atoms with Crippen molar-refractivity contribution in [3.63, 3.8) is 0 Å². The largest absolute Gasteiger partial charge is 0.312 e. The molecule has 0 amide bonds. The summed E-state index contributed by atoms with van der Waals surface area (Å²) in [5, 5.41) is 5.56. The third-order valence-corrected chi connectivity index (χ3v) is 4.43. The Morgan fingerprint density at radius 1 is 1.40 bits per heavy atom. The first-order valence-electron chi connectivity index (χ1n) is 5.69. The first-order chi connectivity index (χ1) is 7.27. The van der Waals surface area contributed by atoms with Crippen LogP contribution in [0.5, 0.6) is 0 Å². The van der Waals surface area contributed by atoms with Gasteiger partial charge >= 0.3 is 0 Å². The summed E-state index contributed by atoms with van der Waals surface area (Å²) >= 11 is 5.34. The SMILES string of the molecule is CCCCCCC(NC)c1cc(Br)cs1. The molecule has 0 aliphatic carbocycles. The van der Waals surface area contributed by atoms with Crippen molar-refractivity contribution in [3.8, 4) is 0 Å². The molecule has 0 fully saturated rings. The number of hydrogen-bond acceptors (Lipinski definition) is 2. The molecular weight excluding hydrogens is 270 g/mol. The molecule has 0 saturated carbocycles. The minimum Gasteiger partial charge on any atom is -0.312 e. The van der Waals surface area contributed by atoms with Gasteiger partial charge in [0.25, 0.3) is 0 Å². The van der Waals surface area contributed by atoms with Crippen LogP contribution < -0.4 is 5.32 Å². The first kappa shape index (κ1) is 13.2. The van der Waals surface area contributed by atoms with Gasteiger partial charge in [0.2, 0.25) is 0 Å². The van der Waals surface area contributed by atoms with Gasteiger partial charge in [-0.05, 0) is 35.5 Å². The van der Waals surface area contributed by atoms with Crippen molar-refractivity contribution in [2.45, 2.75) is 45.1 Å². The third-order valence-electron chi connectivity index (χ3n) is 2.63. The van der Waals surface area contributed by atoms with Crippen molar-refractivity contribution in [2.75, 3.05) is 7.05 Å². The highest BCUT2D eigenvalue weighted by atomic mass is 79.9. The van der Waals surface area contributed by atoms with Crippen LogP contribution in [0.15, 0.2) is 15.9 Å². The van der Waals surface area contributed by atoms with E-state index in [1.54, 1.807) is 0 Å². The lowest BCUT2D eigenvalue weighted by Crippen LogP contribution is -2.14. The van der Waals surface area contributed by atoms with E-state index in [-0.39, 0.29) is 0 Å². The molecule has 86 valence electrons. The highest BCUT2D eigenvalue weighted by Crippen LogP contribution is 2.28. The van der Waals surface area contributed by atoms with Gasteiger partial charge in [-0.25, -0.2) is 0 Å². The summed E-state index contributed by atoms with van der Waals surface area (Å²) in [6.07, 6.45) is 6.62. The zero-order valence-electron chi connectivity index (χ0n) is 9.55. The molecule has 0 saturated heterocycles. The second kappa shape index (κ2) is 7.42. The highest BCUT2D eigenvalue weighted by molar-refractivity contribution is 9.10. The Morgan fingerprint density at radius 2 is 2.20 bits per heavy atom. The predicted octanol–water partition coefficient (Wildman–Crippen LogP) is 4.74. The van der Waals surface area contributed by atoms with Crippen molar-refractivity contribution in [1.82, 2.24) is 5.32 Å². The van der Waals surface area contributed by atoms with E-state index in [4.69, 9.17) is 0 Å². The fourth-order valence-corrected chi connectivity index (χ4v) is 3.31. The van der Waals surface area contributed by atoms with Gasteiger partial charge in [0.05, 0.1) is 0 Å². The Bertz CT molecular complexity index is 272. The second-order valence-electron chi connectivity index (χ2n) is 3.86. The maximum Gasteiger partial charge on any atom is 0.0412 e. The third kappa shape index (κ3) is 4.66. The molecule has 1 nitrogen and oxygen atoms in total. The summed E-state index contributed by atoms with van der Waals surface area (Å²) < 4.78 is 1.20. The van der Waals surface area contributed by atoms with Crippen molar-refractivity contribution >= 4 is 27.3 Å². The van der Waals surface area contributed by atoms with E-state index in [0.717, 1.165) is 0 Å². The summed E-state index contributed by atoms with van der Waals surface area (Å²) in [5.74, 6) is 0. The fraction of sp³-hybridized carbons (Fsp3) is 0.667. The summed E-state index contributed by atoms with van der Waals surface area (Å²) in [5.41, 5.74) is 0. The van der Waals surface area contributed by atoms with Gasteiger partial charge in [-0.3, -0.25) is 0 Å². The number of unbranched alkanes of at least 4 members (excludes halogenated alkanes) is 3. The molecule has 1 aromatic rings. The summed E-state index contributed by atoms with van der Waals surface area (Å²) in [7, 11) is 2.05. The molecule has 1 aromatic heterocycles. The molecule has 0 bridgehead atoms. The Balaban J connectivity index is 2.35. The number of thiophene rings is 1. The number of rotatable bonds is 7. The number of nitrogens with one attached hydrogen (secondary N) is 1. The molecule has 0 aliphatic rings. The van der Waals surface area contributed by atoms with E-state index < -0.39 is 0 Å². The van der Waals surface area contributed by atoms with E-state index in [2.05, 4.69) is 46.7 Å². The molecule has 1 atom stereocenters. The maximum absolute atomic E-state index is 3.51. The van der Waals surface area contributed by atoms with Crippen LogP contribution in [0.4, 0.5) is 0 Å². The van der Waals surface area contributed by atoms with Crippen molar-refractivity contribution in [3.05, 3.63) is 20.8 Å². The predicted molar refractivity (Wildman–Crippen MR) is 72.6 cm³/mol. The van der Waals surface area contributed by atoms with Crippen molar-refractivity contribution in [1.29, 1.82) is 0 Å². The van der Waals surface area contributed by atoms with Crippen LogP contribution in [0.2, 0.25) is 0 Å². The Morgan fingerprint density at radius 3 is 2.73 bits per heavy atom. The standard InChI is InChI=1S/C12H20BrNS/c1-3-4-5-6-7-11(14-2)12-8-10(13)9-15-12/h8-9,11,14H,3-7H2,1-2H3. The van der Waals surface area contributed by atoms with E-state index >= 15 is 0 Å². The fourth-order valence-electron chi connectivity index (χ4n) is 1.72. The molecule has 0 radical (unpaired) electrons. The number of hydrogen-bond donors (Lipinski definition) is 1. The number of halogens is 1. The molecule has 3 heteroatoms. The molecule has 1 unspecified atom stereocenters. The van der Waals surface area contributed by atoms with Crippen molar-refractivity contribution in [2.24, 2.45) is 0 Å². The molecular formula is C12H20BrNS. The summed E-state index contributed by atoms with van der Waals surface area (Å²) in [4.78, 5) is 1.45. The average Bonchev–Trinajstić information content (AvgIpc) is 2.65. The van der Waals surface area contributed by atoms with Gasteiger partial charge in [-0.1, -0.05) is 32.6 Å². The van der Waals surface area contributed by atoms with Crippen LogP contribution >= 0.6 is 27.3 Å². The zero-order valence-corrected chi connectivity index (χ0v) is 12.0. The Labute approximate surface area is 105 Å². The van der Waals surface area contributed by atoms with E-state index in [9.17, 15) is 0 Å². The lowest BCUT2D eigenvalue weighted by Gasteiger charge is -2.13. The van der Waals surface area contributed by atoms with Crippen LogP contribution in [0.3, 0.4) is 0 Å². The molecule has 15 heavy (non-hydrogen) atoms. The first-order valence-corrected chi connectivity index (χ1v) is 7.36. The highest BCUT2D eigenvalue weighted by Gasteiger charge is 2.10. The Kier molecular flexibility index (Phi) is 6.53. The van der Waals surface area contributed by atoms with E-state index in [1.165, 1.54) is 41.5 Å². The van der Waals surface area contributed by atoms with Gasteiger partial charge < -0.3 is 5.32 Å².